The van der Waals surface area contributed by atoms with Crippen molar-refractivity contribution in [2.45, 2.75) is 13.0 Å². The molecule has 0 saturated heterocycles. The number of hydrogen-bond donors (Lipinski definition) is 2. The van der Waals surface area contributed by atoms with Crippen molar-refractivity contribution in [3.8, 4) is 0 Å². The largest absolute Gasteiger partial charge is 0.382 e. The molecule has 0 fully saturated rings. The fourth-order valence-corrected chi connectivity index (χ4v) is 1.32. The van der Waals surface area contributed by atoms with Crippen molar-refractivity contribution in [3.05, 3.63) is 24.2 Å². The summed E-state index contributed by atoms with van der Waals surface area (Å²) in [5.74, 6) is 0.474. The molecule has 13 heavy (non-hydrogen) atoms. The molecule has 0 aromatic carbocycles. The van der Waals surface area contributed by atoms with Gasteiger partial charge in [-0.3, -0.25) is 0 Å². The SMILES string of the molecule is CC(N)c1ccc2c(N)ncnn12. The van der Waals surface area contributed by atoms with Crippen LogP contribution in [0.3, 0.4) is 0 Å². The van der Waals surface area contributed by atoms with Crippen LogP contribution in [0.5, 0.6) is 0 Å². The Morgan fingerprint density at radius 3 is 2.92 bits per heavy atom. The fraction of sp³-hybridized carbons (Fsp3) is 0.250. The molecular formula is C8H11N5. The summed E-state index contributed by atoms with van der Waals surface area (Å²) in [5, 5.41) is 4.07. The highest BCUT2D eigenvalue weighted by atomic mass is 15.3. The Balaban J connectivity index is 2.75. The van der Waals surface area contributed by atoms with E-state index in [1.807, 2.05) is 19.1 Å². The third-order valence-corrected chi connectivity index (χ3v) is 1.98. The summed E-state index contributed by atoms with van der Waals surface area (Å²) in [5.41, 5.74) is 13.1. The summed E-state index contributed by atoms with van der Waals surface area (Å²) in [7, 11) is 0. The molecule has 1 atom stereocenters. The lowest BCUT2D eigenvalue weighted by Crippen LogP contribution is -2.10. The average Bonchev–Trinajstić information content (AvgIpc) is 2.48. The Bertz CT molecular complexity index is 431. The van der Waals surface area contributed by atoms with Gasteiger partial charge in [0.05, 0.1) is 5.69 Å². The molecule has 2 heterocycles. The van der Waals surface area contributed by atoms with Crippen LogP contribution in [0, 0.1) is 0 Å². The molecule has 1 unspecified atom stereocenters. The minimum atomic E-state index is -0.0585. The third-order valence-electron chi connectivity index (χ3n) is 1.98. The van der Waals surface area contributed by atoms with Gasteiger partial charge in [-0.2, -0.15) is 5.10 Å². The van der Waals surface area contributed by atoms with Gasteiger partial charge in [0.15, 0.2) is 5.82 Å². The highest BCUT2D eigenvalue weighted by Crippen LogP contribution is 2.16. The first-order valence-corrected chi connectivity index (χ1v) is 4.04. The molecule has 2 rings (SSSR count). The zero-order valence-electron chi connectivity index (χ0n) is 7.31. The van der Waals surface area contributed by atoms with E-state index in [4.69, 9.17) is 11.5 Å². The minimum absolute atomic E-state index is 0.0585. The van der Waals surface area contributed by atoms with Crippen LogP contribution in [-0.2, 0) is 0 Å². The highest BCUT2D eigenvalue weighted by Gasteiger charge is 2.08. The van der Waals surface area contributed by atoms with Crippen LogP contribution in [0.15, 0.2) is 18.5 Å². The van der Waals surface area contributed by atoms with Gasteiger partial charge in [-0.05, 0) is 19.1 Å². The van der Waals surface area contributed by atoms with Crippen LogP contribution in [0.1, 0.15) is 18.7 Å². The lowest BCUT2D eigenvalue weighted by atomic mass is 10.3. The zero-order valence-corrected chi connectivity index (χ0v) is 7.31. The maximum absolute atomic E-state index is 5.75. The van der Waals surface area contributed by atoms with E-state index in [9.17, 15) is 0 Å². The molecule has 5 nitrogen and oxygen atoms in total. The lowest BCUT2D eigenvalue weighted by molar-refractivity contribution is 0.726. The molecule has 5 heteroatoms. The number of fused-ring (bicyclic) bond motifs is 1. The third kappa shape index (κ3) is 1.13. The van der Waals surface area contributed by atoms with Crippen molar-refractivity contribution in [2.24, 2.45) is 5.73 Å². The smallest absolute Gasteiger partial charge is 0.151 e. The van der Waals surface area contributed by atoms with E-state index in [1.165, 1.54) is 6.33 Å². The predicted octanol–water partition coefficient (Wildman–Crippen LogP) is 0.331. The number of rotatable bonds is 1. The average molecular weight is 177 g/mol. The first kappa shape index (κ1) is 8.00. The summed E-state index contributed by atoms with van der Waals surface area (Å²) < 4.78 is 1.72. The summed E-state index contributed by atoms with van der Waals surface area (Å²) in [4.78, 5) is 3.88. The second-order valence-electron chi connectivity index (χ2n) is 2.99. The molecule has 0 aliphatic rings. The molecule has 0 aliphatic carbocycles. The normalized spacial score (nSPS) is 13.4. The fourth-order valence-electron chi connectivity index (χ4n) is 1.32. The molecule has 0 bridgehead atoms. The summed E-state index contributed by atoms with van der Waals surface area (Å²) in [6, 6.07) is 3.72. The zero-order chi connectivity index (χ0) is 9.42. The van der Waals surface area contributed by atoms with Crippen molar-refractivity contribution in [1.82, 2.24) is 14.6 Å². The van der Waals surface area contributed by atoms with Gasteiger partial charge in [0.25, 0.3) is 0 Å². The molecule has 0 saturated carbocycles. The maximum atomic E-state index is 5.75. The summed E-state index contributed by atoms with van der Waals surface area (Å²) >= 11 is 0. The number of nitrogen functional groups attached to an aromatic ring is 1. The molecule has 2 aromatic rings. The van der Waals surface area contributed by atoms with Gasteiger partial charge < -0.3 is 11.5 Å². The van der Waals surface area contributed by atoms with Gasteiger partial charge >= 0.3 is 0 Å². The van der Waals surface area contributed by atoms with Crippen molar-refractivity contribution >= 4 is 11.3 Å². The van der Waals surface area contributed by atoms with E-state index in [2.05, 4.69) is 10.1 Å². The number of nitrogens with two attached hydrogens (primary N) is 2. The quantitative estimate of drug-likeness (QED) is 0.657. The molecule has 68 valence electrons. The second kappa shape index (κ2) is 2.70. The molecule has 4 N–H and O–H groups in total. The molecular weight excluding hydrogens is 166 g/mol. The van der Waals surface area contributed by atoms with E-state index in [0.717, 1.165) is 11.2 Å². The lowest BCUT2D eigenvalue weighted by Gasteiger charge is -2.04. The van der Waals surface area contributed by atoms with Crippen LogP contribution in [-0.4, -0.2) is 14.6 Å². The van der Waals surface area contributed by atoms with E-state index >= 15 is 0 Å². The van der Waals surface area contributed by atoms with Crippen molar-refractivity contribution < 1.29 is 0 Å². The number of anilines is 1. The van der Waals surface area contributed by atoms with Crippen LogP contribution in [0.2, 0.25) is 0 Å². The van der Waals surface area contributed by atoms with Gasteiger partial charge in [-0.25, -0.2) is 9.50 Å². The number of hydrogen-bond acceptors (Lipinski definition) is 4. The number of aromatic nitrogens is 3. The minimum Gasteiger partial charge on any atom is -0.382 e. The first-order valence-electron chi connectivity index (χ1n) is 4.04. The van der Waals surface area contributed by atoms with Gasteiger partial charge in [0.2, 0.25) is 0 Å². The molecule has 0 amide bonds. The second-order valence-corrected chi connectivity index (χ2v) is 2.99. The van der Waals surface area contributed by atoms with Crippen LogP contribution in [0.4, 0.5) is 5.82 Å². The Kier molecular flexibility index (Phi) is 1.66. The Morgan fingerprint density at radius 2 is 2.23 bits per heavy atom. The monoisotopic (exact) mass is 177 g/mol. The van der Waals surface area contributed by atoms with Gasteiger partial charge in [0.1, 0.15) is 11.8 Å². The van der Waals surface area contributed by atoms with Crippen LogP contribution in [0.25, 0.3) is 5.52 Å². The molecule has 0 aliphatic heterocycles. The summed E-state index contributed by atoms with van der Waals surface area (Å²) in [6.45, 7) is 1.90. The van der Waals surface area contributed by atoms with Crippen LogP contribution < -0.4 is 11.5 Å². The van der Waals surface area contributed by atoms with E-state index in [0.29, 0.717) is 5.82 Å². The van der Waals surface area contributed by atoms with Crippen molar-refractivity contribution in [1.29, 1.82) is 0 Å². The molecule has 0 spiro atoms. The van der Waals surface area contributed by atoms with Gasteiger partial charge in [-0.1, -0.05) is 0 Å². The Labute approximate surface area is 75.4 Å². The van der Waals surface area contributed by atoms with Crippen molar-refractivity contribution in [3.63, 3.8) is 0 Å². The van der Waals surface area contributed by atoms with Gasteiger partial charge in [-0.15, -0.1) is 0 Å². The molecule has 0 radical (unpaired) electrons. The molecule has 2 aromatic heterocycles. The summed E-state index contributed by atoms with van der Waals surface area (Å²) in [6.07, 6.45) is 1.42. The number of nitrogens with zero attached hydrogens (tertiary/aromatic N) is 3. The Hall–Kier alpha value is -1.62. The van der Waals surface area contributed by atoms with Gasteiger partial charge in [0, 0.05) is 6.04 Å². The first-order chi connectivity index (χ1) is 6.20. The topological polar surface area (TPSA) is 82.2 Å². The van der Waals surface area contributed by atoms with E-state index < -0.39 is 0 Å². The maximum Gasteiger partial charge on any atom is 0.151 e. The standard InChI is InChI=1S/C8H11N5/c1-5(9)6-2-3-7-8(10)11-4-12-13(6)7/h2-5H,9H2,1H3,(H2,10,11,12). The van der Waals surface area contributed by atoms with Crippen molar-refractivity contribution in [2.75, 3.05) is 5.73 Å². The van der Waals surface area contributed by atoms with E-state index in [1.54, 1.807) is 4.52 Å². The highest BCUT2D eigenvalue weighted by molar-refractivity contribution is 5.65. The predicted molar refractivity (Wildman–Crippen MR) is 50.0 cm³/mol. The van der Waals surface area contributed by atoms with E-state index in [-0.39, 0.29) is 6.04 Å². The van der Waals surface area contributed by atoms with Crippen LogP contribution >= 0.6 is 0 Å². The Morgan fingerprint density at radius 1 is 1.46 bits per heavy atom.